The maximum absolute atomic E-state index is 13.0. The lowest BCUT2D eigenvalue weighted by molar-refractivity contribution is -0.127. The standard InChI is InChI=1S/C17H25ClN2O5S/c1-12(11-24-2)19-17(21)13-5-4-8-20(10-13)26(22,23)16-9-14(18)6-7-15(16)25-3/h6-7,9,12-13H,4-5,8,10-11H2,1-3H3,(H,19,21)/t12-,13-/m0/s1. The van der Waals surface area contributed by atoms with Crippen LogP contribution in [0.5, 0.6) is 5.75 Å². The van der Waals surface area contributed by atoms with Gasteiger partial charge in [-0.25, -0.2) is 8.42 Å². The van der Waals surface area contributed by atoms with Gasteiger partial charge in [0, 0.05) is 31.3 Å². The molecule has 1 aromatic carbocycles. The van der Waals surface area contributed by atoms with Crippen molar-refractivity contribution in [2.45, 2.75) is 30.7 Å². The summed E-state index contributed by atoms with van der Waals surface area (Å²) in [4.78, 5) is 12.5. The summed E-state index contributed by atoms with van der Waals surface area (Å²) in [7, 11) is -0.839. The highest BCUT2D eigenvalue weighted by Gasteiger charge is 2.35. The number of carbonyl (C=O) groups excluding carboxylic acids is 1. The molecule has 0 radical (unpaired) electrons. The Kier molecular flexibility index (Phi) is 7.28. The highest BCUT2D eigenvalue weighted by atomic mass is 35.5. The minimum Gasteiger partial charge on any atom is -0.495 e. The largest absolute Gasteiger partial charge is 0.495 e. The first-order valence-electron chi connectivity index (χ1n) is 8.42. The molecule has 0 unspecified atom stereocenters. The summed E-state index contributed by atoms with van der Waals surface area (Å²) in [6.07, 6.45) is 1.25. The number of amides is 1. The second kappa shape index (κ2) is 9.03. The summed E-state index contributed by atoms with van der Waals surface area (Å²) >= 11 is 5.97. The molecule has 1 aromatic rings. The van der Waals surface area contributed by atoms with Crippen molar-refractivity contribution in [3.05, 3.63) is 23.2 Å². The molecule has 1 amide bonds. The van der Waals surface area contributed by atoms with E-state index in [4.69, 9.17) is 21.1 Å². The minimum absolute atomic E-state index is 0.0151. The van der Waals surface area contributed by atoms with E-state index in [-0.39, 0.29) is 29.1 Å². The van der Waals surface area contributed by atoms with E-state index < -0.39 is 15.9 Å². The number of ether oxygens (including phenoxy) is 2. The van der Waals surface area contributed by atoms with Gasteiger partial charge in [-0.3, -0.25) is 4.79 Å². The van der Waals surface area contributed by atoms with Crippen LogP contribution in [0.4, 0.5) is 0 Å². The molecule has 2 atom stereocenters. The second-order valence-electron chi connectivity index (χ2n) is 6.36. The summed E-state index contributed by atoms with van der Waals surface area (Å²) in [5.41, 5.74) is 0. The monoisotopic (exact) mass is 404 g/mol. The van der Waals surface area contributed by atoms with Gasteiger partial charge in [0.25, 0.3) is 0 Å². The first-order valence-corrected chi connectivity index (χ1v) is 10.2. The molecule has 0 aliphatic carbocycles. The molecule has 0 bridgehead atoms. The Morgan fingerprint density at radius 2 is 2.15 bits per heavy atom. The molecule has 1 heterocycles. The average Bonchev–Trinajstić information content (AvgIpc) is 2.62. The topological polar surface area (TPSA) is 84.9 Å². The van der Waals surface area contributed by atoms with Crippen molar-refractivity contribution in [3.63, 3.8) is 0 Å². The fourth-order valence-corrected chi connectivity index (χ4v) is 4.96. The zero-order valence-electron chi connectivity index (χ0n) is 15.2. The number of methoxy groups -OCH3 is 2. The van der Waals surface area contributed by atoms with Gasteiger partial charge in [-0.05, 0) is 38.0 Å². The van der Waals surface area contributed by atoms with Gasteiger partial charge in [0.05, 0.1) is 19.6 Å². The first kappa shape index (κ1) is 21.0. The van der Waals surface area contributed by atoms with Gasteiger partial charge >= 0.3 is 0 Å². The lowest BCUT2D eigenvalue weighted by Gasteiger charge is -2.32. The number of hydrogen-bond acceptors (Lipinski definition) is 5. The van der Waals surface area contributed by atoms with Crippen LogP contribution in [-0.2, 0) is 19.6 Å². The van der Waals surface area contributed by atoms with Crippen molar-refractivity contribution < 1.29 is 22.7 Å². The van der Waals surface area contributed by atoms with Crippen molar-refractivity contribution in [1.82, 2.24) is 9.62 Å². The number of nitrogens with zero attached hydrogens (tertiary/aromatic N) is 1. The summed E-state index contributed by atoms with van der Waals surface area (Å²) in [6, 6.07) is 4.34. The highest BCUT2D eigenvalue weighted by Crippen LogP contribution is 2.31. The zero-order valence-corrected chi connectivity index (χ0v) is 16.8. The molecule has 1 saturated heterocycles. The van der Waals surface area contributed by atoms with Gasteiger partial charge in [-0.1, -0.05) is 11.6 Å². The van der Waals surface area contributed by atoms with Crippen molar-refractivity contribution >= 4 is 27.5 Å². The number of piperidine rings is 1. The molecule has 0 aromatic heterocycles. The van der Waals surface area contributed by atoms with E-state index in [9.17, 15) is 13.2 Å². The minimum atomic E-state index is -3.81. The van der Waals surface area contributed by atoms with Crippen LogP contribution in [0.1, 0.15) is 19.8 Å². The van der Waals surface area contributed by atoms with E-state index >= 15 is 0 Å². The average molecular weight is 405 g/mol. The van der Waals surface area contributed by atoms with E-state index in [2.05, 4.69) is 5.32 Å². The van der Waals surface area contributed by atoms with Crippen LogP contribution < -0.4 is 10.1 Å². The quantitative estimate of drug-likeness (QED) is 0.750. The summed E-state index contributed by atoms with van der Waals surface area (Å²) < 4.78 is 37.6. The molecular formula is C17H25ClN2O5S. The molecule has 0 saturated carbocycles. The van der Waals surface area contributed by atoms with Crippen LogP contribution in [0.25, 0.3) is 0 Å². The SMILES string of the molecule is COC[C@H](C)NC(=O)[C@H]1CCCN(S(=O)(=O)c2cc(Cl)ccc2OC)C1. The third-order valence-electron chi connectivity index (χ3n) is 4.30. The molecule has 2 rings (SSSR count). The van der Waals surface area contributed by atoms with Crippen molar-refractivity contribution in [1.29, 1.82) is 0 Å². The Morgan fingerprint density at radius 1 is 1.42 bits per heavy atom. The van der Waals surface area contributed by atoms with E-state index in [0.29, 0.717) is 31.0 Å². The Morgan fingerprint density at radius 3 is 2.81 bits per heavy atom. The fraction of sp³-hybridized carbons (Fsp3) is 0.588. The Hall–Kier alpha value is -1.35. The second-order valence-corrected chi connectivity index (χ2v) is 8.71. The molecule has 1 aliphatic heterocycles. The van der Waals surface area contributed by atoms with Crippen molar-refractivity contribution in [2.75, 3.05) is 33.9 Å². The molecule has 7 nitrogen and oxygen atoms in total. The Balaban J connectivity index is 2.18. The summed E-state index contributed by atoms with van der Waals surface area (Å²) in [5.74, 6) is -0.329. The molecule has 26 heavy (non-hydrogen) atoms. The normalized spacial score (nSPS) is 19.8. The molecule has 1 N–H and O–H groups in total. The molecule has 1 fully saturated rings. The zero-order chi connectivity index (χ0) is 19.3. The first-order chi connectivity index (χ1) is 12.3. The van der Waals surface area contributed by atoms with E-state index in [1.807, 2.05) is 6.92 Å². The van der Waals surface area contributed by atoms with Gasteiger partial charge in [0.2, 0.25) is 15.9 Å². The number of sulfonamides is 1. The van der Waals surface area contributed by atoms with Gasteiger partial charge < -0.3 is 14.8 Å². The number of halogens is 1. The van der Waals surface area contributed by atoms with Gasteiger partial charge in [0.1, 0.15) is 10.6 Å². The molecular weight excluding hydrogens is 380 g/mol. The van der Waals surface area contributed by atoms with E-state index in [1.165, 1.54) is 23.5 Å². The molecule has 1 aliphatic rings. The Labute approximate surface area is 159 Å². The van der Waals surface area contributed by atoms with Crippen LogP contribution in [0.15, 0.2) is 23.1 Å². The third-order valence-corrected chi connectivity index (χ3v) is 6.43. The van der Waals surface area contributed by atoms with Crippen LogP contribution >= 0.6 is 11.6 Å². The van der Waals surface area contributed by atoms with Crippen molar-refractivity contribution in [3.8, 4) is 5.75 Å². The lowest BCUT2D eigenvalue weighted by Crippen LogP contribution is -2.47. The van der Waals surface area contributed by atoms with Crippen LogP contribution in [-0.4, -0.2) is 58.6 Å². The van der Waals surface area contributed by atoms with E-state index in [1.54, 1.807) is 13.2 Å². The molecule has 0 spiro atoms. The van der Waals surface area contributed by atoms with Crippen LogP contribution in [0.2, 0.25) is 5.02 Å². The van der Waals surface area contributed by atoms with Crippen LogP contribution in [0, 0.1) is 5.92 Å². The number of hydrogen-bond donors (Lipinski definition) is 1. The smallest absolute Gasteiger partial charge is 0.246 e. The van der Waals surface area contributed by atoms with Crippen molar-refractivity contribution in [2.24, 2.45) is 5.92 Å². The molecule has 9 heteroatoms. The van der Waals surface area contributed by atoms with E-state index in [0.717, 1.165) is 0 Å². The molecule has 146 valence electrons. The number of nitrogens with one attached hydrogen (secondary N) is 1. The number of benzene rings is 1. The predicted octanol–water partition coefficient (Wildman–Crippen LogP) is 1.90. The third kappa shape index (κ3) is 4.88. The number of rotatable bonds is 7. The maximum atomic E-state index is 13.0. The fourth-order valence-electron chi connectivity index (χ4n) is 3.02. The van der Waals surface area contributed by atoms with Crippen LogP contribution in [0.3, 0.4) is 0 Å². The predicted molar refractivity (Wildman–Crippen MR) is 99.0 cm³/mol. The summed E-state index contributed by atoms with van der Waals surface area (Å²) in [6.45, 7) is 2.73. The maximum Gasteiger partial charge on any atom is 0.246 e. The highest BCUT2D eigenvalue weighted by molar-refractivity contribution is 7.89. The Bertz CT molecular complexity index is 741. The summed E-state index contributed by atoms with van der Waals surface area (Å²) in [5, 5.41) is 3.17. The number of carbonyl (C=O) groups is 1. The van der Waals surface area contributed by atoms with Gasteiger partial charge in [-0.2, -0.15) is 4.31 Å². The van der Waals surface area contributed by atoms with Gasteiger partial charge in [0.15, 0.2) is 0 Å². The van der Waals surface area contributed by atoms with Gasteiger partial charge in [-0.15, -0.1) is 0 Å². The lowest BCUT2D eigenvalue weighted by atomic mass is 9.98.